The van der Waals surface area contributed by atoms with Crippen LogP contribution in [0.1, 0.15) is 142 Å². The summed E-state index contributed by atoms with van der Waals surface area (Å²) in [4.78, 5) is 0. The molecule has 0 amide bonds. The molecule has 0 atom stereocenters. The van der Waals surface area contributed by atoms with Gasteiger partial charge in [0, 0.05) is 0 Å². The summed E-state index contributed by atoms with van der Waals surface area (Å²) in [5, 5.41) is 27.2. The van der Waals surface area contributed by atoms with E-state index in [0.717, 1.165) is 30.7 Å². The molecule has 0 fully saturated rings. The lowest BCUT2D eigenvalue weighted by atomic mass is 10.1. The quantitative estimate of drug-likeness (QED) is 0.0487. The van der Waals surface area contributed by atoms with Gasteiger partial charge in [-0.15, -0.1) is 0 Å². The van der Waals surface area contributed by atoms with Gasteiger partial charge in [-0.2, -0.15) is 8.42 Å². The molecule has 7 nitrogen and oxygen atoms in total. The van der Waals surface area contributed by atoms with Gasteiger partial charge >= 0.3 is 0 Å². The Bertz CT molecular complexity index is 527. The van der Waals surface area contributed by atoms with Crippen LogP contribution in [-0.2, 0) is 10.1 Å². The summed E-state index contributed by atoms with van der Waals surface area (Å²) in [5.41, 5.74) is 0. The fourth-order valence-corrected chi connectivity index (χ4v) is 5.31. The SMILES string of the molecule is CCCCCCCCCCCC[N+](CCO)(CCO)CCCCCCCCCCCC.O=S(=O)(O)CCO. The van der Waals surface area contributed by atoms with Gasteiger partial charge in [0.1, 0.15) is 13.1 Å². The zero-order valence-electron chi connectivity index (χ0n) is 25.3. The molecular weight excluding hydrogens is 502 g/mol. The van der Waals surface area contributed by atoms with Gasteiger partial charge in [-0.1, -0.05) is 117 Å². The van der Waals surface area contributed by atoms with Gasteiger partial charge in [0.2, 0.25) is 0 Å². The molecule has 8 heteroatoms. The van der Waals surface area contributed by atoms with Crippen molar-refractivity contribution >= 4 is 10.1 Å². The molecular formula is C30H66NO6S+. The predicted molar refractivity (Wildman–Crippen MR) is 161 cm³/mol. The molecule has 0 aliphatic carbocycles. The van der Waals surface area contributed by atoms with Gasteiger partial charge in [0.05, 0.1) is 38.7 Å². The molecule has 0 aromatic heterocycles. The Labute approximate surface area is 236 Å². The summed E-state index contributed by atoms with van der Waals surface area (Å²) in [6.07, 6.45) is 27.3. The number of quaternary nitrogens is 1. The number of aliphatic hydroxyl groups is 3. The molecule has 0 saturated heterocycles. The molecule has 0 saturated carbocycles. The van der Waals surface area contributed by atoms with Gasteiger partial charge in [-0.25, -0.2) is 0 Å². The normalized spacial score (nSPS) is 11.9. The largest absolute Gasteiger partial charge is 0.395 e. The highest BCUT2D eigenvalue weighted by Gasteiger charge is 2.25. The Morgan fingerprint density at radius 1 is 0.447 bits per heavy atom. The van der Waals surface area contributed by atoms with Crippen LogP contribution in [-0.4, -0.2) is 84.5 Å². The molecule has 0 rings (SSSR count). The second-order valence-electron chi connectivity index (χ2n) is 11.1. The van der Waals surface area contributed by atoms with Crippen molar-refractivity contribution in [3.63, 3.8) is 0 Å². The van der Waals surface area contributed by atoms with Crippen LogP contribution >= 0.6 is 0 Å². The summed E-state index contributed by atoms with van der Waals surface area (Å²) in [5.74, 6) is -0.576. The van der Waals surface area contributed by atoms with E-state index < -0.39 is 22.5 Å². The summed E-state index contributed by atoms with van der Waals surface area (Å²) in [6.45, 7) is 8.42. The van der Waals surface area contributed by atoms with Gasteiger partial charge < -0.3 is 19.8 Å². The number of hydrogen-bond acceptors (Lipinski definition) is 5. The van der Waals surface area contributed by atoms with E-state index in [1.165, 1.54) is 128 Å². The lowest BCUT2D eigenvalue weighted by Crippen LogP contribution is -2.52. The van der Waals surface area contributed by atoms with Crippen molar-refractivity contribution in [2.75, 3.05) is 51.8 Å². The second kappa shape index (κ2) is 29.7. The third kappa shape index (κ3) is 30.3. The van der Waals surface area contributed by atoms with Crippen molar-refractivity contribution in [1.29, 1.82) is 0 Å². The summed E-state index contributed by atoms with van der Waals surface area (Å²) in [7, 11) is -3.92. The maximum Gasteiger partial charge on any atom is 0.267 e. The highest BCUT2D eigenvalue weighted by Crippen LogP contribution is 2.17. The highest BCUT2D eigenvalue weighted by atomic mass is 32.2. The van der Waals surface area contributed by atoms with Crippen LogP contribution in [0, 0.1) is 0 Å². The lowest BCUT2D eigenvalue weighted by molar-refractivity contribution is -0.929. The molecule has 0 aliphatic heterocycles. The van der Waals surface area contributed by atoms with E-state index in [9.17, 15) is 18.6 Å². The average molecular weight is 569 g/mol. The fraction of sp³-hybridized carbons (Fsp3) is 1.00. The topological polar surface area (TPSA) is 115 Å². The number of aliphatic hydroxyl groups excluding tert-OH is 3. The van der Waals surface area contributed by atoms with Crippen LogP contribution in [0.2, 0.25) is 0 Å². The first-order valence-electron chi connectivity index (χ1n) is 15.9. The van der Waals surface area contributed by atoms with Gasteiger partial charge in [0.25, 0.3) is 10.1 Å². The minimum Gasteiger partial charge on any atom is -0.395 e. The molecule has 0 aliphatic rings. The molecule has 232 valence electrons. The Hall–Kier alpha value is -0.250. The monoisotopic (exact) mass is 568 g/mol. The van der Waals surface area contributed by atoms with Crippen molar-refractivity contribution < 1.29 is 32.8 Å². The number of unbranched alkanes of at least 4 members (excludes halogenated alkanes) is 18. The zero-order valence-corrected chi connectivity index (χ0v) is 26.1. The van der Waals surface area contributed by atoms with Crippen LogP contribution in [0.4, 0.5) is 0 Å². The Balaban J connectivity index is 0. The molecule has 0 aromatic carbocycles. The minimum absolute atomic E-state index is 0.246. The van der Waals surface area contributed by atoms with Crippen LogP contribution in [0.5, 0.6) is 0 Å². The van der Waals surface area contributed by atoms with Crippen molar-refractivity contribution in [2.24, 2.45) is 0 Å². The number of nitrogens with zero attached hydrogens (tertiary/aromatic N) is 1. The Kier molecular flexibility index (Phi) is 31.2. The summed E-state index contributed by atoms with van der Waals surface area (Å²) in [6, 6.07) is 0. The van der Waals surface area contributed by atoms with Gasteiger partial charge in [0.15, 0.2) is 0 Å². The fourth-order valence-electron chi connectivity index (χ4n) is 5.08. The van der Waals surface area contributed by atoms with E-state index in [-0.39, 0.29) is 13.2 Å². The summed E-state index contributed by atoms with van der Waals surface area (Å²) < 4.78 is 28.0. The molecule has 4 N–H and O–H groups in total. The zero-order chi connectivity index (χ0) is 28.8. The lowest BCUT2D eigenvalue weighted by Gasteiger charge is -2.38. The molecule has 0 spiro atoms. The smallest absolute Gasteiger partial charge is 0.267 e. The van der Waals surface area contributed by atoms with E-state index in [4.69, 9.17) is 9.66 Å². The van der Waals surface area contributed by atoms with Gasteiger partial charge in [-0.3, -0.25) is 4.55 Å². The van der Waals surface area contributed by atoms with E-state index in [0.29, 0.717) is 0 Å². The van der Waals surface area contributed by atoms with Crippen LogP contribution in [0.15, 0.2) is 0 Å². The average Bonchev–Trinajstić information content (AvgIpc) is 2.86. The highest BCUT2D eigenvalue weighted by molar-refractivity contribution is 7.85. The predicted octanol–water partition coefficient (Wildman–Crippen LogP) is 6.50. The first-order valence-corrected chi connectivity index (χ1v) is 17.5. The standard InChI is InChI=1S/C28H60NO2.C2H6O4S/c1-3-5-7-9-11-13-15-17-19-21-23-29(25-27-30,26-28-31)24-22-20-18-16-14-12-10-8-6-4-2;3-1-2-7(4,5)6/h30-31H,3-28H2,1-2H3;3H,1-2H2,(H,4,5,6)/q+1;. The van der Waals surface area contributed by atoms with Crippen molar-refractivity contribution in [2.45, 2.75) is 142 Å². The summed E-state index contributed by atoms with van der Waals surface area (Å²) >= 11 is 0. The minimum atomic E-state index is -3.92. The number of rotatable bonds is 28. The third-order valence-electron chi connectivity index (χ3n) is 7.47. The van der Waals surface area contributed by atoms with E-state index in [1.807, 2.05) is 0 Å². The van der Waals surface area contributed by atoms with E-state index in [2.05, 4.69) is 13.8 Å². The molecule has 0 aromatic rings. The molecule has 38 heavy (non-hydrogen) atoms. The second-order valence-corrected chi connectivity index (χ2v) is 12.6. The number of hydrogen-bond donors (Lipinski definition) is 4. The maximum absolute atomic E-state index is 9.65. The van der Waals surface area contributed by atoms with Crippen molar-refractivity contribution in [1.82, 2.24) is 0 Å². The third-order valence-corrected chi connectivity index (χ3v) is 8.17. The van der Waals surface area contributed by atoms with E-state index in [1.54, 1.807) is 0 Å². The Morgan fingerprint density at radius 2 is 0.737 bits per heavy atom. The van der Waals surface area contributed by atoms with Crippen molar-refractivity contribution in [3.8, 4) is 0 Å². The van der Waals surface area contributed by atoms with Crippen LogP contribution in [0.3, 0.4) is 0 Å². The molecule has 0 unspecified atom stereocenters. The molecule has 0 radical (unpaired) electrons. The van der Waals surface area contributed by atoms with Crippen LogP contribution < -0.4 is 0 Å². The van der Waals surface area contributed by atoms with Crippen LogP contribution in [0.25, 0.3) is 0 Å². The molecule has 0 heterocycles. The van der Waals surface area contributed by atoms with Crippen molar-refractivity contribution in [3.05, 3.63) is 0 Å². The molecule has 0 bridgehead atoms. The van der Waals surface area contributed by atoms with Gasteiger partial charge in [-0.05, 0) is 25.7 Å². The van der Waals surface area contributed by atoms with E-state index >= 15 is 0 Å². The first-order chi connectivity index (χ1) is 18.3. The Morgan fingerprint density at radius 3 is 0.947 bits per heavy atom. The maximum atomic E-state index is 9.65. The first kappa shape index (κ1) is 39.9.